The molecule has 0 spiro atoms. The van der Waals surface area contributed by atoms with Gasteiger partial charge in [0.15, 0.2) is 0 Å². The summed E-state index contributed by atoms with van der Waals surface area (Å²) in [6.07, 6.45) is 8.12. The first-order chi connectivity index (χ1) is 14.8. The lowest BCUT2D eigenvalue weighted by atomic mass is 9.60. The monoisotopic (exact) mass is 452 g/mol. The van der Waals surface area contributed by atoms with E-state index in [2.05, 4.69) is 20.4 Å². The van der Waals surface area contributed by atoms with Crippen LogP contribution in [0.5, 0.6) is 0 Å². The number of alkyl halides is 2. The third-order valence-electron chi connectivity index (χ3n) is 8.61. The third-order valence-corrected chi connectivity index (χ3v) is 8.61. The minimum atomic E-state index is -3.39. The van der Waals surface area contributed by atoms with Gasteiger partial charge in [-0.1, -0.05) is 51.0 Å². The van der Waals surface area contributed by atoms with Crippen LogP contribution in [0.3, 0.4) is 0 Å². The molecule has 3 fully saturated rings. The summed E-state index contributed by atoms with van der Waals surface area (Å²) in [6, 6.07) is 0. The Kier molecular flexibility index (Phi) is 7.44. The first-order valence-electron chi connectivity index (χ1n) is 12.3. The summed E-state index contributed by atoms with van der Waals surface area (Å²) in [5.74, 6) is -1.84. The molecule has 0 aliphatic heterocycles. The molecule has 3 aliphatic rings. The van der Waals surface area contributed by atoms with E-state index in [-0.39, 0.29) is 23.0 Å². The Bertz CT molecular complexity index is 763. The zero-order chi connectivity index (χ0) is 23.9. The van der Waals surface area contributed by atoms with Crippen molar-refractivity contribution < 1.29 is 24.1 Å². The molecular formula is C27H42F2O3. The predicted molar refractivity (Wildman–Crippen MR) is 124 cm³/mol. The minimum Gasteiger partial charge on any atom is -0.390 e. The summed E-state index contributed by atoms with van der Waals surface area (Å²) in [4.78, 5) is 0. The summed E-state index contributed by atoms with van der Waals surface area (Å²) in [5.41, 5.74) is 0.443. The van der Waals surface area contributed by atoms with Gasteiger partial charge in [-0.3, -0.25) is 0 Å². The fraction of sp³-hybridized carbons (Fsp3) is 0.778. The summed E-state index contributed by atoms with van der Waals surface area (Å²) >= 11 is 0. The Morgan fingerprint density at radius 3 is 2.56 bits per heavy atom. The maximum Gasteiger partial charge on any atom is 0.298 e. The predicted octanol–water partition coefficient (Wildman–Crippen LogP) is 5.95. The van der Waals surface area contributed by atoms with Gasteiger partial charge in [-0.15, -0.1) is 0 Å². The molecule has 182 valence electrons. The van der Waals surface area contributed by atoms with Gasteiger partial charge >= 0.3 is 0 Å². The normalized spacial score (nSPS) is 38.8. The molecule has 3 nitrogen and oxygen atoms in total. The SMILES string of the molecule is C=C1/C(=C/C=C2\CCC[C@]3(C)[C@@H]([C@H](C)CCCC(C)(C)O)CC[C@@H]23)C(F)(F)[C@@H](O)C[C@@H]1O. The van der Waals surface area contributed by atoms with Gasteiger partial charge in [-0.2, -0.15) is 8.78 Å². The summed E-state index contributed by atoms with van der Waals surface area (Å²) in [5, 5.41) is 29.9. The van der Waals surface area contributed by atoms with Crippen molar-refractivity contribution in [3.8, 4) is 0 Å². The molecule has 5 heteroatoms. The molecule has 0 heterocycles. The van der Waals surface area contributed by atoms with E-state index >= 15 is 0 Å². The third kappa shape index (κ3) is 5.05. The fourth-order valence-electron chi connectivity index (χ4n) is 6.76. The molecule has 0 saturated heterocycles. The molecular weight excluding hydrogens is 410 g/mol. The van der Waals surface area contributed by atoms with E-state index in [1.807, 2.05) is 19.9 Å². The molecule has 0 radical (unpaired) electrons. The van der Waals surface area contributed by atoms with E-state index in [0.29, 0.717) is 17.8 Å². The van der Waals surface area contributed by atoms with Crippen LogP contribution in [0.2, 0.25) is 0 Å². The van der Waals surface area contributed by atoms with Crippen LogP contribution >= 0.6 is 0 Å². The maximum atomic E-state index is 14.6. The second-order valence-corrected chi connectivity index (χ2v) is 11.5. The van der Waals surface area contributed by atoms with Gasteiger partial charge in [0.1, 0.15) is 6.10 Å². The highest BCUT2D eigenvalue weighted by Gasteiger charge is 2.51. The van der Waals surface area contributed by atoms with Gasteiger partial charge in [-0.05, 0) is 81.1 Å². The molecule has 32 heavy (non-hydrogen) atoms. The van der Waals surface area contributed by atoms with Crippen molar-refractivity contribution in [3.63, 3.8) is 0 Å². The van der Waals surface area contributed by atoms with Gasteiger partial charge in [-0.25, -0.2) is 0 Å². The lowest BCUT2D eigenvalue weighted by Gasteiger charge is -2.44. The van der Waals surface area contributed by atoms with E-state index in [1.54, 1.807) is 0 Å². The Hall–Kier alpha value is -1.04. The molecule has 3 rings (SSSR count). The molecule has 3 aliphatic carbocycles. The molecule has 3 saturated carbocycles. The van der Waals surface area contributed by atoms with E-state index in [1.165, 1.54) is 11.6 Å². The van der Waals surface area contributed by atoms with Crippen LogP contribution in [0.1, 0.15) is 85.5 Å². The van der Waals surface area contributed by atoms with Crippen LogP contribution in [-0.4, -0.2) is 39.1 Å². The summed E-state index contributed by atoms with van der Waals surface area (Å²) < 4.78 is 29.2. The number of allylic oxidation sites excluding steroid dienone is 3. The number of aliphatic hydroxyl groups excluding tert-OH is 2. The maximum absolute atomic E-state index is 14.6. The highest BCUT2D eigenvalue weighted by Crippen LogP contribution is 2.60. The van der Waals surface area contributed by atoms with Crippen molar-refractivity contribution in [1.29, 1.82) is 0 Å². The topological polar surface area (TPSA) is 60.7 Å². The average Bonchev–Trinajstić information content (AvgIpc) is 3.03. The van der Waals surface area contributed by atoms with Crippen LogP contribution in [0.15, 0.2) is 35.5 Å². The van der Waals surface area contributed by atoms with Gasteiger partial charge in [0, 0.05) is 12.0 Å². The molecule has 0 aromatic heterocycles. The number of hydrogen-bond donors (Lipinski definition) is 3. The fourth-order valence-corrected chi connectivity index (χ4v) is 6.76. The first kappa shape index (κ1) is 25.6. The van der Waals surface area contributed by atoms with Crippen molar-refractivity contribution in [2.45, 2.75) is 109 Å². The zero-order valence-corrected chi connectivity index (χ0v) is 20.2. The van der Waals surface area contributed by atoms with E-state index in [9.17, 15) is 24.1 Å². The van der Waals surface area contributed by atoms with Crippen molar-refractivity contribution in [2.24, 2.45) is 23.2 Å². The molecule has 0 amide bonds. The lowest BCUT2D eigenvalue weighted by molar-refractivity contribution is -0.103. The minimum absolute atomic E-state index is 0.0143. The van der Waals surface area contributed by atoms with Crippen LogP contribution in [0.25, 0.3) is 0 Å². The Labute approximate surface area is 192 Å². The van der Waals surface area contributed by atoms with E-state index in [0.717, 1.165) is 51.4 Å². The second-order valence-electron chi connectivity index (χ2n) is 11.5. The first-order valence-corrected chi connectivity index (χ1v) is 12.3. The molecule has 6 atom stereocenters. The zero-order valence-electron chi connectivity index (χ0n) is 20.2. The van der Waals surface area contributed by atoms with Gasteiger partial charge in [0.25, 0.3) is 5.92 Å². The van der Waals surface area contributed by atoms with Crippen molar-refractivity contribution in [1.82, 2.24) is 0 Å². The smallest absolute Gasteiger partial charge is 0.298 e. The number of fused-ring (bicyclic) bond motifs is 1. The van der Waals surface area contributed by atoms with Crippen molar-refractivity contribution in [2.75, 3.05) is 0 Å². The van der Waals surface area contributed by atoms with E-state index < -0.39 is 23.7 Å². The lowest BCUT2D eigenvalue weighted by Crippen LogP contribution is -2.44. The number of aliphatic hydroxyl groups is 3. The van der Waals surface area contributed by atoms with Crippen LogP contribution in [0, 0.1) is 23.2 Å². The molecule has 0 unspecified atom stereocenters. The Balaban J connectivity index is 1.77. The van der Waals surface area contributed by atoms with Gasteiger partial charge in [0.2, 0.25) is 0 Å². The van der Waals surface area contributed by atoms with Crippen molar-refractivity contribution >= 4 is 0 Å². The van der Waals surface area contributed by atoms with E-state index in [4.69, 9.17) is 0 Å². The highest BCUT2D eigenvalue weighted by atomic mass is 19.3. The standard InChI is InChI=1S/C27H42F2O3/c1-17(8-6-14-25(3,4)32)20-12-13-22-19(9-7-15-26(20,22)5)10-11-21-18(2)23(30)16-24(31)27(21,28)29/h10-11,17,20,22-24,30-32H,2,6-9,12-16H2,1,3-5H3/b19-10+,21-11-/t17-,20-,22+,23+,24+,26-/m1/s1. The van der Waals surface area contributed by atoms with Crippen molar-refractivity contribution in [3.05, 3.63) is 35.5 Å². The van der Waals surface area contributed by atoms with Gasteiger partial charge < -0.3 is 15.3 Å². The van der Waals surface area contributed by atoms with Crippen LogP contribution < -0.4 is 0 Å². The highest BCUT2D eigenvalue weighted by molar-refractivity contribution is 5.44. The molecule has 3 N–H and O–H groups in total. The second kappa shape index (κ2) is 9.31. The van der Waals surface area contributed by atoms with Crippen LogP contribution in [0.4, 0.5) is 8.78 Å². The molecule has 0 aromatic rings. The largest absolute Gasteiger partial charge is 0.390 e. The summed E-state index contributed by atoms with van der Waals surface area (Å²) in [7, 11) is 0. The average molecular weight is 453 g/mol. The number of hydrogen-bond acceptors (Lipinski definition) is 3. The number of rotatable bonds is 6. The molecule has 0 bridgehead atoms. The van der Waals surface area contributed by atoms with Crippen LogP contribution in [-0.2, 0) is 0 Å². The Morgan fingerprint density at radius 2 is 1.91 bits per heavy atom. The van der Waals surface area contributed by atoms with Gasteiger partial charge in [0.05, 0.1) is 11.7 Å². The molecule has 0 aromatic carbocycles. The number of halogens is 2. The summed E-state index contributed by atoms with van der Waals surface area (Å²) in [6.45, 7) is 12.1. The Morgan fingerprint density at radius 1 is 1.22 bits per heavy atom. The quantitative estimate of drug-likeness (QED) is 0.467.